The van der Waals surface area contributed by atoms with Crippen molar-refractivity contribution in [2.45, 2.75) is 27.7 Å². The zero-order chi connectivity index (χ0) is 17.1. The summed E-state index contributed by atoms with van der Waals surface area (Å²) in [4.78, 5) is 25.3. The third kappa shape index (κ3) is 3.62. The normalized spacial score (nSPS) is 10.7. The maximum absolute atomic E-state index is 12.3. The summed E-state index contributed by atoms with van der Waals surface area (Å²) in [5, 5.41) is 3.39. The minimum absolute atomic E-state index is 0.119. The summed E-state index contributed by atoms with van der Waals surface area (Å²) >= 11 is 1.40. The molecule has 0 aliphatic heterocycles. The monoisotopic (exact) mass is 331 g/mol. The van der Waals surface area contributed by atoms with E-state index in [1.165, 1.54) is 18.4 Å². The second-order valence-electron chi connectivity index (χ2n) is 5.74. The lowest BCUT2D eigenvalue weighted by Gasteiger charge is -2.09. The fourth-order valence-electron chi connectivity index (χ4n) is 2.25. The first kappa shape index (κ1) is 17.2. The molecule has 0 aliphatic carbocycles. The number of aryl methyl sites for hydroxylation is 2. The zero-order valence-corrected chi connectivity index (χ0v) is 14.8. The zero-order valence-electron chi connectivity index (χ0n) is 14.0. The molecule has 0 saturated heterocycles. The molecule has 122 valence electrons. The number of carbonyl (C=O) groups excluding carboxylic acids is 2. The van der Waals surface area contributed by atoms with E-state index in [4.69, 9.17) is 4.74 Å². The highest BCUT2D eigenvalue weighted by molar-refractivity contribution is 7.17. The Hall–Kier alpha value is -2.14. The number of nitrogens with one attached hydrogen (secondary N) is 1. The van der Waals surface area contributed by atoms with Crippen molar-refractivity contribution >= 4 is 28.2 Å². The largest absolute Gasteiger partial charge is 0.465 e. The van der Waals surface area contributed by atoms with Gasteiger partial charge in [0.05, 0.1) is 7.11 Å². The molecular formula is C18H21NO3S. The topological polar surface area (TPSA) is 55.4 Å². The van der Waals surface area contributed by atoms with Crippen molar-refractivity contribution in [1.82, 2.24) is 0 Å². The van der Waals surface area contributed by atoms with Crippen molar-refractivity contribution in [2.24, 2.45) is 5.92 Å². The molecule has 0 atom stereocenters. The van der Waals surface area contributed by atoms with Crippen LogP contribution in [0.5, 0.6) is 0 Å². The van der Waals surface area contributed by atoms with E-state index in [1.807, 2.05) is 52.0 Å². The van der Waals surface area contributed by atoms with Gasteiger partial charge in [0.1, 0.15) is 10.6 Å². The van der Waals surface area contributed by atoms with Crippen LogP contribution in [0.1, 0.15) is 34.6 Å². The van der Waals surface area contributed by atoms with E-state index >= 15 is 0 Å². The first-order valence-corrected chi connectivity index (χ1v) is 8.26. The van der Waals surface area contributed by atoms with E-state index in [1.54, 1.807) is 0 Å². The Morgan fingerprint density at radius 3 is 2.26 bits per heavy atom. The Bertz CT molecular complexity index is 729. The number of methoxy groups -OCH3 is 1. The van der Waals surface area contributed by atoms with Crippen LogP contribution in [-0.2, 0) is 9.53 Å². The Morgan fingerprint density at radius 2 is 1.74 bits per heavy atom. The molecule has 23 heavy (non-hydrogen) atoms. The standard InChI is InChI=1S/C18H21NO3S/c1-10(2)16(20)19-17-15(18(21)22-5)14(12(4)23-17)13-8-6-11(3)7-9-13/h6-10H,1-5H3,(H,19,20). The Labute approximate surface area is 140 Å². The van der Waals surface area contributed by atoms with E-state index in [0.29, 0.717) is 10.6 Å². The second kappa shape index (κ2) is 6.96. The van der Waals surface area contributed by atoms with Crippen LogP contribution in [0.3, 0.4) is 0 Å². The molecule has 2 aromatic rings. The van der Waals surface area contributed by atoms with Crippen LogP contribution in [0.4, 0.5) is 5.00 Å². The third-order valence-corrected chi connectivity index (χ3v) is 4.60. The predicted molar refractivity (Wildman–Crippen MR) is 94.0 cm³/mol. The van der Waals surface area contributed by atoms with Gasteiger partial charge in [0.25, 0.3) is 0 Å². The molecule has 1 heterocycles. The van der Waals surface area contributed by atoms with Crippen LogP contribution in [-0.4, -0.2) is 19.0 Å². The van der Waals surface area contributed by atoms with Gasteiger partial charge in [-0.25, -0.2) is 4.79 Å². The summed E-state index contributed by atoms with van der Waals surface area (Å²) in [5.41, 5.74) is 3.33. The van der Waals surface area contributed by atoms with Gasteiger partial charge in [0, 0.05) is 16.4 Å². The van der Waals surface area contributed by atoms with Crippen LogP contribution >= 0.6 is 11.3 Å². The molecule has 1 amide bonds. The van der Waals surface area contributed by atoms with Gasteiger partial charge >= 0.3 is 5.97 Å². The number of esters is 1. The first-order chi connectivity index (χ1) is 10.8. The molecule has 0 aliphatic rings. The van der Waals surface area contributed by atoms with Crippen molar-refractivity contribution in [3.05, 3.63) is 40.3 Å². The molecule has 1 N–H and O–H groups in total. The molecule has 1 aromatic heterocycles. The highest BCUT2D eigenvalue weighted by atomic mass is 32.1. The maximum Gasteiger partial charge on any atom is 0.341 e. The van der Waals surface area contributed by atoms with Crippen LogP contribution in [0, 0.1) is 19.8 Å². The van der Waals surface area contributed by atoms with Crippen molar-refractivity contribution in [3.63, 3.8) is 0 Å². The molecule has 0 fully saturated rings. The van der Waals surface area contributed by atoms with Crippen LogP contribution in [0.2, 0.25) is 0 Å². The van der Waals surface area contributed by atoms with Gasteiger partial charge < -0.3 is 10.1 Å². The molecule has 0 radical (unpaired) electrons. The number of ether oxygens (including phenoxy) is 1. The SMILES string of the molecule is COC(=O)c1c(NC(=O)C(C)C)sc(C)c1-c1ccc(C)cc1. The van der Waals surface area contributed by atoms with Gasteiger partial charge in [-0.2, -0.15) is 0 Å². The predicted octanol–water partition coefficient (Wildman–Crippen LogP) is 4.41. The summed E-state index contributed by atoms with van der Waals surface area (Å²) in [6, 6.07) is 7.95. The molecule has 0 spiro atoms. The van der Waals surface area contributed by atoms with Gasteiger partial charge in [-0.1, -0.05) is 43.7 Å². The van der Waals surface area contributed by atoms with Crippen molar-refractivity contribution in [1.29, 1.82) is 0 Å². The number of amides is 1. The van der Waals surface area contributed by atoms with Gasteiger partial charge in [-0.15, -0.1) is 11.3 Å². The van der Waals surface area contributed by atoms with Crippen molar-refractivity contribution in [3.8, 4) is 11.1 Å². The van der Waals surface area contributed by atoms with Crippen molar-refractivity contribution < 1.29 is 14.3 Å². The van der Waals surface area contributed by atoms with Gasteiger partial charge in [-0.05, 0) is 19.4 Å². The summed E-state index contributed by atoms with van der Waals surface area (Å²) in [7, 11) is 1.35. The maximum atomic E-state index is 12.3. The number of hydrogen-bond acceptors (Lipinski definition) is 4. The lowest BCUT2D eigenvalue weighted by Crippen LogP contribution is -2.18. The van der Waals surface area contributed by atoms with E-state index in [9.17, 15) is 9.59 Å². The summed E-state index contributed by atoms with van der Waals surface area (Å²) in [6.45, 7) is 7.58. The van der Waals surface area contributed by atoms with Gasteiger partial charge in [0.15, 0.2) is 0 Å². The molecule has 2 rings (SSSR count). The Balaban J connectivity index is 2.57. The lowest BCUT2D eigenvalue weighted by atomic mass is 10.0. The van der Waals surface area contributed by atoms with E-state index < -0.39 is 5.97 Å². The molecule has 0 unspecified atom stereocenters. The van der Waals surface area contributed by atoms with Crippen LogP contribution in [0.25, 0.3) is 11.1 Å². The molecule has 1 aromatic carbocycles. The quantitative estimate of drug-likeness (QED) is 0.844. The van der Waals surface area contributed by atoms with Crippen LogP contribution < -0.4 is 5.32 Å². The number of carbonyl (C=O) groups is 2. The highest BCUT2D eigenvalue weighted by Crippen LogP contribution is 2.40. The number of thiophene rings is 1. The van der Waals surface area contributed by atoms with E-state index in [0.717, 1.165) is 21.6 Å². The summed E-state index contributed by atoms with van der Waals surface area (Å²) < 4.78 is 4.93. The summed E-state index contributed by atoms with van der Waals surface area (Å²) in [6.07, 6.45) is 0. The number of rotatable bonds is 4. The fraction of sp³-hybridized carbons (Fsp3) is 0.333. The molecule has 0 bridgehead atoms. The molecular weight excluding hydrogens is 310 g/mol. The smallest absolute Gasteiger partial charge is 0.341 e. The number of hydrogen-bond donors (Lipinski definition) is 1. The molecule has 4 nitrogen and oxygen atoms in total. The average molecular weight is 331 g/mol. The fourth-order valence-corrected chi connectivity index (χ4v) is 3.32. The second-order valence-corrected chi connectivity index (χ2v) is 6.96. The van der Waals surface area contributed by atoms with Gasteiger partial charge in [0.2, 0.25) is 5.91 Å². The lowest BCUT2D eigenvalue weighted by molar-refractivity contribution is -0.118. The minimum atomic E-state index is -0.441. The number of anilines is 1. The minimum Gasteiger partial charge on any atom is -0.465 e. The summed E-state index contributed by atoms with van der Waals surface area (Å²) in [5.74, 6) is -0.721. The number of benzene rings is 1. The van der Waals surface area contributed by atoms with Crippen molar-refractivity contribution in [2.75, 3.05) is 12.4 Å². The highest BCUT2D eigenvalue weighted by Gasteiger charge is 2.25. The van der Waals surface area contributed by atoms with Crippen LogP contribution in [0.15, 0.2) is 24.3 Å². The van der Waals surface area contributed by atoms with Gasteiger partial charge in [-0.3, -0.25) is 4.79 Å². The Kier molecular flexibility index (Phi) is 5.21. The first-order valence-electron chi connectivity index (χ1n) is 7.44. The van der Waals surface area contributed by atoms with E-state index in [2.05, 4.69) is 5.32 Å². The Morgan fingerprint density at radius 1 is 1.13 bits per heavy atom. The van der Waals surface area contributed by atoms with E-state index in [-0.39, 0.29) is 11.8 Å². The molecule has 5 heteroatoms. The average Bonchev–Trinajstić information content (AvgIpc) is 2.83. The molecule has 0 saturated carbocycles. The third-order valence-electron chi connectivity index (χ3n) is 3.58.